The molecule has 2 heterocycles. The minimum absolute atomic E-state index is 0.00115. The number of likely N-dealkylation sites (N-methyl/N-ethyl adjacent to an activating group) is 1. The Kier molecular flexibility index (Phi) is 5.60. The Morgan fingerprint density at radius 1 is 1.33 bits per heavy atom. The second kappa shape index (κ2) is 8.09. The quantitative estimate of drug-likeness (QED) is 0.715. The van der Waals surface area contributed by atoms with E-state index in [0.29, 0.717) is 30.3 Å². The molecule has 1 aliphatic rings. The first-order chi connectivity index (χ1) is 13.0. The van der Waals surface area contributed by atoms with Gasteiger partial charge in [0.25, 0.3) is 11.8 Å². The Bertz CT molecular complexity index is 835. The van der Waals surface area contributed by atoms with E-state index in [4.69, 9.17) is 9.47 Å². The van der Waals surface area contributed by atoms with Crippen molar-refractivity contribution in [2.24, 2.45) is 0 Å². The first-order valence-electron chi connectivity index (χ1n) is 8.54. The van der Waals surface area contributed by atoms with Gasteiger partial charge in [0.05, 0.1) is 13.7 Å². The number of hydrogen-bond donors (Lipinski definition) is 2. The van der Waals surface area contributed by atoms with E-state index in [2.05, 4.69) is 10.4 Å². The van der Waals surface area contributed by atoms with Gasteiger partial charge in [0.1, 0.15) is 29.9 Å². The molecule has 0 saturated carbocycles. The molecule has 0 aliphatic carbocycles. The second-order valence-corrected chi connectivity index (χ2v) is 6.22. The zero-order valence-corrected chi connectivity index (χ0v) is 15.2. The maximum atomic E-state index is 12.2. The smallest absolute Gasteiger partial charge is 0.271 e. The van der Waals surface area contributed by atoms with Crippen molar-refractivity contribution in [1.29, 1.82) is 0 Å². The number of ether oxygens (including phenoxy) is 2. The summed E-state index contributed by atoms with van der Waals surface area (Å²) in [5, 5.41) is 16.8. The molecule has 1 unspecified atom stereocenters. The highest BCUT2D eigenvalue weighted by atomic mass is 16.5. The van der Waals surface area contributed by atoms with Gasteiger partial charge in [-0.05, 0) is 12.1 Å². The van der Waals surface area contributed by atoms with Crippen LogP contribution in [-0.2, 0) is 6.54 Å². The minimum Gasteiger partial charge on any atom is -0.497 e. The highest BCUT2D eigenvalue weighted by Gasteiger charge is 2.25. The van der Waals surface area contributed by atoms with Crippen LogP contribution < -0.4 is 14.8 Å². The first kappa shape index (κ1) is 18.7. The Hall–Kier alpha value is -3.07. The molecule has 0 fully saturated rings. The number of nitrogens with zero attached hydrogens (tertiary/aromatic N) is 3. The van der Waals surface area contributed by atoms with Gasteiger partial charge < -0.3 is 24.8 Å². The second-order valence-electron chi connectivity index (χ2n) is 6.22. The van der Waals surface area contributed by atoms with Crippen molar-refractivity contribution < 1.29 is 24.2 Å². The molecule has 0 radical (unpaired) electrons. The van der Waals surface area contributed by atoms with E-state index in [0.717, 1.165) is 0 Å². The summed E-state index contributed by atoms with van der Waals surface area (Å²) in [6.45, 7) is 1.10. The molecule has 3 rings (SSSR count). The Morgan fingerprint density at radius 2 is 2.11 bits per heavy atom. The summed E-state index contributed by atoms with van der Waals surface area (Å²) in [7, 11) is 3.26. The molecule has 2 amide bonds. The number of carbonyl (C=O) groups is 2. The predicted octanol–water partition coefficient (Wildman–Crippen LogP) is 0.147. The third-order valence-corrected chi connectivity index (χ3v) is 4.21. The summed E-state index contributed by atoms with van der Waals surface area (Å²) in [5.41, 5.74) is 0.533. The normalized spacial score (nSPS) is 14.5. The lowest BCUT2D eigenvalue weighted by Gasteiger charge is -2.22. The Morgan fingerprint density at radius 3 is 2.89 bits per heavy atom. The average molecular weight is 374 g/mol. The third kappa shape index (κ3) is 4.37. The van der Waals surface area contributed by atoms with Gasteiger partial charge in [-0.3, -0.25) is 14.3 Å². The fraction of sp³-hybridized carbons (Fsp3) is 0.389. The van der Waals surface area contributed by atoms with Crippen molar-refractivity contribution >= 4 is 11.8 Å². The van der Waals surface area contributed by atoms with Crippen molar-refractivity contribution in [3.8, 4) is 11.5 Å². The molecule has 0 spiro atoms. The minimum atomic E-state index is -0.898. The van der Waals surface area contributed by atoms with Crippen LogP contribution in [-0.4, -0.2) is 71.6 Å². The van der Waals surface area contributed by atoms with Gasteiger partial charge >= 0.3 is 0 Å². The zero-order chi connectivity index (χ0) is 19.4. The van der Waals surface area contributed by atoms with Crippen molar-refractivity contribution in [1.82, 2.24) is 20.0 Å². The number of methoxy groups -OCH3 is 1. The summed E-state index contributed by atoms with van der Waals surface area (Å²) >= 11 is 0. The number of aliphatic hydroxyl groups is 1. The highest BCUT2D eigenvalue weighted by molar-refractivity contribution is 5.98. The standard InChI is InChI=1S/C18H22N4O5/c1-21-6-7-22-16(18(21)25)9-15(20-22)17(24)19-10-12(23)11-27-14-5-3-4-13(8-14)26-2/h3-5,8-9,12,23H,6-7,10-11H2,1-2H3,(H,19,24). The Balaban J connectivity index is 1.50. The predicted molar refractivity (Wildman–Crippen MR) is 96.0 cm³/mol. The molecule has 1 atom stereocenters. The molecular weight excluding hydrogens is 352 g/mol. The summed E-state index contributed by atoms with van der Waals surface area (Å²) in [4.78, 5) is 25.9. The fourth-order valence-corrected chi connectivity index (χ4v) is 2.66. The van der Waals surface area contributed by atoms with E-state index in [-0.39, 0.29) is 24.8 Å². The molecule has 0 saturated heterocycles. The average Bonchev–Trinajstić information content (AvgIpc) is 3.12. The van der Waals surface area contributed by atoms with Gasteiger partial charge in [-0.1, -0.05) is 6.07 Å². The number of hydrogen-bond acceptors (Lipinski definition) is 6. The topological polar surface area (TPSA) is 106 Å². The van der Waals surface area contributed by atoms with Crippen molar-refractivity contribution in [2.75, 3.05) is 33.9 Å². The number of carbonyl (C=O) groups excluding carboxylic acids is 2. The summed E-state index contributed by atoms with van der Waals surface area (Å²) in [5.74, 6) is 0.593. The molecule has 1 aromatic carbocycles. The van der Waals surface area contributed by atoms with Crippen LogP contribution >= 0.6 is 0 Å². The molecule has 9 heteroatoms. The molecule has 1 aromatic heterocycles. The van der Waals surface area contributed by atoms with Crippen LogP contribution in [0.3, 0.4) is 0 Å². The number of aromatic nitrogens is 2. The third-order valence-electron chi connectivity index (χ3n) is 4.21. The lowest BCUT2D eigenvalue weighted by molar-refractivity contribution is 0.0741. The van der Waals surface area contributed by atoms with Gasteiger partial charge in [0.15, 0.2) is 5.69 Å². The van der Waals surface area contributed by atoms with Gasteiger partial charge in [-0.15, -0.1) is 0 Å². The molecular formula is C18H22N4O5. The lowest BCUT2D eigenvalue weighted by atomic mass is 10.2. The fourth-order valence-electron chi connectivity index (χ4n) is 2.66. The molecule has 1 aliphatic heterocycles. The van der Waals surface area contributed by atoms with E-state index >= 15 is 0 Å². The van der Waals surface area contributed by atoms with Crippen LogP contribution in [0.25, 0.3) is 0 Å². The van der Waals surface area contributed by atoms with Crippen LogP contribution in [0.2, 0.25) is 0 Å². The molecule has 2 N–H and O–H groups in total. The van der Waals surface area contributed by atoms with Crippen LogP contribution in [0.1, 0.15) is 21.0 Å². The summed E-state index contributed by atoms with van der Waals surface area (Å²) in [6.07, 6.45) is -0.898. The van der Waals surface area contributed by atoms with Gasteiger partial charge in [-0.25, -0.2) is 0 Å². The van der Waals surface area contributed by atoms with Crippen LogP contribution in [0, 0.1) is 0 Å². The van der Waals surface area contributed by atoms with E-state index < -0.39 is 12.0 Å². The molecule has 2 aromatic rings. The van der Waals surface area contributed by atoms with E-state index in [9.17, 15) is 14.7 Å². The van der Waals surface area contributed by atoms with Crippen molar-refractivity contribution in [3.05, 3.63) is 41.7 Å². The van der Waals surface area contributed by atoms with Crippen molar-refractivity contribution in [3.63, 3.8) is 0 Å². The van der Waals surface area contributed by atoms with Crippen LogP contribution in [0.15, 0.2) is 30.3 Å². The first-order valence-corrected chi connectivity index (χ1v) is 8.54. The summed E-state index contributed by atoms with van der Waals surface area (Å²) in [6, 6.07) is 8.48. The monoisotopic (exact) mass is 374 g/mol. The lowest BCUT2D eigenvalue weighted by Crippen LogP contribution is -2.37. The Labute approximate surface area is 156 Å². The molecule has 144 valence electrons. The number of nitrogens with one attached hydrogen (secondary N) is 1. The SMILES string of the molecule is COc1cccc(OCC(O)CNC(=O)c2cc3n(n2)CCN(C)C3=O)c1. The van der Waals surface area contributed by atoms with Gasteiger partial charge in [-0.2, -0.15) is 5.10 Å². The van der Waals surface area contributed by atoms with Gasteiger partial charge in [0.2, 0.25) is 0 Å². The highest BCUT2D eigenvalue weighted by Crippen LogP contribution is 2.19. The van der Waals surface area contributed by atoms with Crippen LogP contribution in [0.5, 0.6) is 11.5 Å². The molecule has 27 heavy (non-hydrogen) atoms. The number of aliphatic hydroxyl groups excluding tert-OH is 1. The molecule has 9 nitrogen and oxygen atoms in total. The van der Waals surface area contributed by atoms with E-state index in [1.165, 1.54) is 10.7 Å². The maximum absolute atomic E-state index is 12.2. The van der Waals surface area contributed by atoms with E-state index in [1.54, 1.807) is 43.3 Å². The molecule has 0 bridgehead atoms. The number of benzene rings is 1. The van der Waals surface area contributed by atoms with E-state index in [1.807, 2.05) is 0 Å². The number of rotatable bonds is 7. The largest absolute Gasteiger partial charge is 0.497 e. The van der Waals surface area contributed by atoms with Crippen molar-refractivity contribution in [2.45, 2.75) is 12.6 Å². The number of fused-ring (bicyclic) bond motifs is 1. The number of amides is 2. The summed E-state index contributed by atoms with van der Waals surface area (Å²) < 4.78 is 12.1. The zero-order valence-electron chi connectivity index (χ0n) is 15.2. The van der Waals surface area contributed by atoms with Gasteiger partial charge in [0, 0.05) is 32.3 Å². The maximum Gasteiger partial charge on any atom is 0.271 e. The van der Waals surface area contributed by atoms with Crippen LogP contribution in [0.4, 0.5) is 0 Å².